The number of hydrogen-bond acceptors (Lipinski definition) is 7. The molecule has 3 atom stereocenters. The van der Waals surface area contributed by atoms with E-state index in [4.69, 9.17) is 23.7 Å². The maximum atomic E-state index is 12.1. The van der Waals surface area contributed by atoms with Gasteiger partial charge in [0.1, 0.15) is 6.61 Å². The Hall–Kier alpha value is -1.41. The summed E-state index contributed by atoms with van der Waals surface area (Å²) in [5.74, 6) is -0.327. The second-order valence-electron chi connectivity index (χ2n) is 7.70. The predicted octanol–water partition coefficient (Wildman–Crippen LogP) is 3.39. The first-order valence-electron chi connectivity index (χ1n) is 11.1. The first-order chi connectivity index (χ1) is 14.4. The van der Waals surface area contributed by atoms with Crippen LogP contribution in [0.3, 0.4) is 0 Å². The van der Waals surface area contributed by atoms with Crippen LogP contribution in [-0.4, -0.2) is 71.0 Å². The summed E-state index contributed by atoms with van der Waals surface area (Å²) in [6.45, 7) is 11.3. The van der Waals surface area contributed by atoms with E-state index in [1.165, 1.54) is 5.70 Å². The molecule has 7 heteroatoms. The van der Waals surface area contributed by atoms with Crippen LogP contribution >= 0.6 is 0 Å². The number of hydrogen-bond donors (Lipinski definition) is 1. The fraction of sp³-hybridized carbons (Fsp3) is 0.783. The summed E-state index contributed by atoms with van der Waals surface area (Å²) in [7, 11) is 1.71. The molecule has 0 radical (unpaired) electrons. The average molecular weight is 428 g/mol. The smallest absolute Gasteiger partial charge is 0.331 e. The third-order valence-corrected chi connectivity index (χ3v) is 4.59. The number of ether oxygens (including phenoxy) is 5. The zero-order valence-corrected chi connectivity index (χ0v) is 19.4. The molecule has 3 unspecified atom stereocenters. The molecular weight excluding hydrogens is 386 g/mol. The fourth-order valence-corrected chi connectivity index (χ4v) is 2.99. The van der Waals surface area contributed by atoms with E-state index in [0.717, 1.165) is 44.4 Å². The van der Waals surface area contributed by atoms with Crippen molar-refractivity contribution in [3.63, 3.8) is 0 Å². The van der Waals surface area contributed by atoms with Gasteiger partial charge in [-0.2, -0.15) is 0 Å². The zero-order chi connectivity index (χ0) is 22.2. The van der Waals surface area contributed by atoms with Crippen LogP contribution in [0, 0.1) is 0 Å². The fourth-order valence-electron chi connectivity index (χ4n) is 2.99. The quantitative estimate of drug-likeness (QED) is 0.230. The largest absolute Gasteiger partial charge is 0.460 e. The Balaban J connectivity index is 2.27. The Morgan fingerprint density at radius 2 is 1.73 bits per heavy atom. The number of nitrogens with one attached hydrogen (secondary N) is 1. The van der Waals surface area contributed by atoms with Crippen molar-refractivity contribution in [3.05, 3.63) is 23.4 Å². The molecule has 0 saturated carbocycles. The third kappa shape index (κ3) is 13.0. The van der Waals surface area contributed by atoms with Gasteiger partial charge in [0, 0.05) is 38.6 Å². The van der Waals surface area contributed by atoms with Crippen LogP contribution in [0.4, 0.5) is 0 Å². The second kappa shape index (κ2) is 16.3. The van der Waals surface area contributed by atoms with E-state index in [2.05, 4.69) is 11.4 Å². The highest BCUT2D eigenvalue weighted by atomic mass is 16.6. The van der Waals surface area contributed by atoms with Crippen molar-refractivity contribution in [2.75, 3.05) is 46.7 Å². The Morgan fingerprint density at radius 3 is 2.40 bits per heavy atom. The first kappa shape index (κ1) is 26.6. The highest BCUT2D eigenvalue weighted by molar-refractivity contribution is 5.83. The van der Waals surface area contributed by atoms with Crippen LogP contribution in [0.25, 0.3) is 0 Å². The number of esters is 1. The second-order valence-corrected chi connectivity index (χ2v) is 7.70. The van der Waals surface area contributed by atoms with Crippen LogP contribution in [0.15, 0.2) is 23.4 Å². The lowest BCUT2D eigenvalue weighted by Gasteiger charge is -2.19. The van der Waals surface area contributed by atoms with E-state index >= 15 is 0 Å². The maximum Gasteiger partial charge on any atom is 0.331 e. The summed E-state index contributed by atoms with van der Waals surface area (Å²) in [4.78, 5) is 12.1. The SMILES string of the molecule is CCOC(C)COC(C)COC(C)COC(=O)/C=C1\C=C(NCCCOC)CCC1. The molecule has 0 aromatic carbocycles. The molecule has 0 aliphatic heterocycles. The van der Waals surface area contributed by atoms with Gasteiger partial charge in [-0.25, -0.2) is 4.79 Å². The van der Waals surface area contributed by atoms with Crippen LogP contribution in [0.2, 0.25) is 0 Å². The van der Waals surface area contributed by atoms with Crippen LogP contribution in [0.1, 0.15) is 53.4 Å². The Kier molecular flexibility index (Phi) is 14.5. The van der Waals surface area contributed by atoms with Gasteiger partial charge in [-0.3, -0.25) is 0 Å². The van der Waals surface area contributed by atoms with E-state index in [0.29, 0.717) is 19.8 Å². The molecule has 0 spiro atoms. The number of carbonyl (C=O) groups is 1. The Morgan fingerprint density at radius 1 is 1.07 bits per heavy atom. The Bertz CT molecular complexity index is 534. The molecule has 0 aromatic heterocycles. The molecule has 174 valence electrons. The van der Waals surface area contributed by atoms with Crippen LogP contribution < -0.4 is 5.32 Å². The highest BCUT2D eigenvalue weighted by Gasteiger charge is 2.13. The normalized spacial score (nSPS) is 18.6. The van der Waals surface area contributed by atoms with E-state index in [1.807, 2.05) is 27.7 Å². The molecule has 0 amide bonds. The number of allylic oxidation sites excluding steroid dienone is 3. The van der Waals surface area contributed by atoms with Gasteiger partial charge in [0.05, 0.1) is 31.5 Å². The number of rotatable bonds is 16. The minimum absolute atomic E-state index is 0.0460. The van der Waals surface area contributed by atoms with Crippen molar-refractivity contribution in [2.24, 2.45) is 0 Å². The van der Waals surface area contributed by atoms with Crippen molar-refractivity contribution in [2.45, 2.75) is 71.7 Å². The van der Waals surface area contributed by atoms with Gasteiger partial charge in [0.25, 0.3) is 0 Å². The van der Waals surface area contributed by atoms with Gasteiger partial charge in [-0.15, -0.1) is 0 Å². The van der Waals surface area contributed by atoms with E-state index in [9.17, 15) is 4.79 Å². The molecule has 0 fully saturated rings. The average Bonchev–Trinajstić information content (AvgIpc) is 2.73. The third-order valence-electron chi connectivity index (χ3n) is 4.59. The predicted molar refractivity (Wildman–Crippen MR) is 117 cm³/mol. The molecule has 1 N–H and O–H groups in total. The zero-order valence-electron chi connectivity index (χ0n) is 19.4. The minimum Gasteiger partial charge on any atom is -0.460 e. The summed E-state index contributed by atoms with van der Waals surface area (Å²) in [5, 5.41) is 3.41. The molecule has 0 aromatic rings. The molecule has 0 heterocycles. The molecule has 30 heavy (non-hydrogen) atoms. The van der Waals surface area contributed by atoms with Gasteiger partial charge in [0.15, 0.2) is 0 Å². The van der Waals surface area contributed by atoms with Gasteiger partial charge in [-0.05, 0) is 65.0 Å². The molecule has 7 nitrogen and oxygen atoms in total. The standard InChI is InChI=1S/C23H41NO6/c1-6-27-18(2)15-28-19(3)16-29-20(4)17-30-23(25)14-21-9-7-10-22(13-21)24-11-8-12-26-5/h13-14,18-20,24H,6-12,15-17H2,1-5H3/b21-14-. The van der Waals surface area contributed by atoms with E-state index in [1.54, 1.807) is 13.2 Å². The van der Waals surface area contributed by atoms with Gasteiger partial charge in [-0.1, -0.05) is 0 Å². The maximum absolute atomic E-state index is 12.1. The number of carbonyl (C=O) groups excluding carboxylic acids is 1. The summed E-state index contributed by atoms with van der Waals surface area (Å²) >= 11 is 0. The summed E-state index contributed by atoms with van der Waals surface area (Å²) < 4.78 is 27.3. The van der Waals surface area contributed by atoms with Gasteiger partial charge >= 0.3 is 5.97 Å². The molecule has 1 aliphatic rings. The monoisotopic (exact) mass is 427 g/mol. The highest BCUT2D eigenvalue weighted by Crippen LogP contribution is 2.20. The van der Waals surface area contributed by atoms with Crippen molar-refractivity contribution < 1.29 is 28.5 Å². The summed E-state index contributed by atoms with van der Waals surface area (Å²) in [6, 6.07) is 0. The Labute approximate surface area is 182 Å². The molecule has 1 rings (SSSR count). The van der Waals surface area contributed by atoms with Crippen molar-refractivity contribution in [1.29, 1.82) is 0 Å². The van der Waals surface area contributed by atoms with E-state index in [-0.39, 0.29) is 30.9 Å². The molecular formula is C23H41NO6. The van der Waals surface area contributed by atoms with Crippen molar-refractivity contribution >= 4 is 5.97 Å². The lowest BCUT2D eigenvalue weighted by Crippen LogP contribution is -2.27. The number of methoxy groups -OCH3 is 1. The van der Waals surface area contributed by atoms with Crippen LogP contribution in [0.5, 0.6) is 0 Å². The minimum atomic E-state index is -0.327. The van der Waals surface area contributed by atoms with E-state index < -0.39 is 0 Å². The van der Waals surface area contributed by atoms with Gasteiger partial charge < -0.3 is 29.0 Å². The van der Waals surface area contributed by atoms with Gasteiger partial charge in [0.2, 0.25) is 0 Å². The summed E-state index contributed by atoms with van der Waals surface area (Å²) in [5.41, 5.74) is 2.17. The molecule has 0 bridgehead atoms. The topological polar surface area (TPSA) is 75.2 Å². The van der Waals surface area contributed by atoms with Crippen molar-refractivity contribution in [1.82, 2.24) is 5.32 Å². The lowest BCUT2D eigenvalue weighted by atomic mass is 9.99. The first-order valence-corrected chi connectivity index (χ1v) is 11.1. The summed E-state index contributed by atoms with van der Waals surface area (Å²) in [6.07, 6.45) is 7.36. The molecule has 1 aliphatic carbocycles. The van der Waals surface area contributed by atoms with Crippen molar-refractivity contribution in [3.8, 4) is 0 Å². The molecule has 0 saturated heterocycles. The lowest BCUT2D eigenvalue weighted by molar-refractivity contribution is -0.142. The van der Waals surface area contributed by atoms with Crippen LogP contribution in [-0.2, 0) is 28.5 Å².